The third-order valence-corrected chi connectivity index (χ3v) is 0. The quantitative estimate of drug-likeness (QED) is 0.443. The van der Waals surface area contributed by atoms with Gasteiger partial charge in [0.2, 0.25) is 0 Å². The molecule has 0 saturated heterocycles. The van der Waals surface area contributed by atoms with Crippen molar-refractivity contribution >= 4 is 37.7 Å². The fourth-order valence-electron chi connectivity index (χ4n) is 0. The Morgan fingerprint density at radius 2 is 1.17 bits per heavy atom. The first-order valence-corrected chi connectivity index (χ1v) is 2.10. The van der Waals surface area contributed by atoms with Gasteiger partial charge >= 0.3 is 37.7 Å². The molecule has 0 amide bonds. The van der Waals surface area contributed by atoms with Crippen LogP contribution in [0, 0.1) is 0 Å². The van der Waals surface area contributed by atoms with E-state index in [2.05, 4.69) is 0 Å². The maximum absolute atomic E-state index is 8.74. The van der Waals surface area contributed by atoms with Crippen LogP contribution in [0.15, 0.2) is 0 Å². The molecule has 0 heterocycles. The fraction of sp³-hybridized carbons (Fsp3) is 0. The average Bonchev–Trinajstić information content (AvgIpc) is 0.722. The SMILES string of the molecule is O=S(=O)(O)O.[Pb+2]. The molecular formula is H2O4PbS+2. The number of hydrogen-bond acceptors (Lipinski definition) is 2. The van der Waals surface area contributed by atoms with Crippen molar-refractivity contribution in [3.05, 3.63) is 0 Å². The molecule has 34 valence electrons. The first kappa shape index (κ1) is 9.92. The van der Waals surface area contributed by atoms with Gasteiger partial charge in [0.15, 0.2) is 0 Å². The van der Waals surface area contributed by atoms with E-state index in [0.29, 0.717) is 0 Å². The van der Waals surface area contributed by atoms with Gasteiger partial charge in [-0.2, -0.15) is 8.42 Å². The van der Waals surface area contributed by atoms with Crippen LogP contribution in [0.3, 0.4) is 0 Å². The third kappa shape index (κ3) is 110. The Hall–Kier alpha value is 0.792. The predicted octanol–water partition coefficient (Wildman–Crippen LogP) is -1.03. The van der Waals surface area contributed by atoms with Crippen LogP contribution in [0.2, 0.25) is 0 Å². The van der Waals surface area contributed by atoms with E-state index in [0.717, 1.165) is 0 Å². The van der Waals surface area contributed by atoms with E-state index >= 15 is 0 Å². The molecule has 0 bridgehead atoms. The van der Waals surface area contributed by atoms with E-state index in [1.54, 1.807) is 0 Å². The largest absolute Gasteiger partial charge is 2.00 e. The molecule has 0 aromatic rings. The van der Waals surface area contributed by atoms with Crippen molar-refractivity contribution in [2.24, 2.45) is 0 Å². The summed E-state index contributed by atoms with van der Waals surface area (Å²) in [5, 5.41) is 0. The summed E-state index contributed by atoms with van der Waals surface area (Å²) in [6.07, 6.45) is 0. The second kappa shape index (κ2) is 2.88. The molecule has 0 aromatic heterocycles. The summed E-state index contributed by atoms with van der Waals surface area (Å²) in [5.74, 6) is 0. The molecule has 0 unspecified atom stereocenters. The molecule has 6 heavy (non-hydrogen) atoms. The van der Waals surface area contributed by atoms with Gasteiger partial charge in [-0.05, 0) is 0 Å². The minimum Gasteiger partial charge on any atom is -0.264 e. The van der Waals surface area contributed by atoms with Gasteiger partial charge in [-0.1, -0.05) is 0 Å². The van der Waals surface area contributed by atoms with Crippen LogP contribution in [0.1, 0.15) is 0 Å². The second-order valence-electron chi connectivity index (χ2n) is 0.448. The van der Waals surface area contributed by atoms with Gasteiger partial charge in [0, 0.05) is 0 Å². The van der Waals surface area contributed by atoms with Gasteiger partial charge in [0.1, 0.15) is 0 Å². The van der Waals surface area contributed by atoms with Gasteiger partial charge in [0.05, 0.1) is 0 Å². The molecule has 2 N–H and O–H groups in total. The first-order chi connectivity index (χ1) is 2.00. The molecule has 0 saturated carbocycles. The number of hydrogen-bond donors (Lipinski definition) is 2. The summed E-state index contributed by atoms with van der Waals surface area (Å²) >= 11 is 0. The Morgan fingerprint density at radius 3 is 1.17 bits per heavy atom. The van der Waals surface area contributed by atoms with Crippen LogP contribution in [0.5, 0.6) is 0 Å². The summed E-state index contributed by atoms with van der Waals surface area (Å²) < 4.78 is 31.6. The van der Waals surface area contributed by atoms with Crippen molar-refractivity contribution in [3.63, 3.8) is 0 Å². The molecule has 0 fully saturated rings. The maximum Gasteiger partial charge on any atom is 2.00 e. The Balaban J connectivity index is 0. The van der Waals surface area contributed by atoms with E-state index in [-0.39, 0.29) is 27.3 Å². The topological polar surface area (TPSA) is 74.6 Å². The third-order valence-electron chi connectivity index (χ3n) is 0. The smallest absolute Gasteiger partial charge is 0.264 e. The van der Waals surface area contributed by atoms with E-state index in [9.17, 15) is 0 Å². The molecule has 6 heteroatoms. The van der Waals surface area contributed by atoms with Crippen molar-refractivity contribution < 1.29 is 17.5 Å². The van der Waals surface area contributed by atoms with Gasteiger partial charge in [-0.3, -0.25) is 9.11 Å². The molecular weight excluding hydrogens is 303 g/mol. The van der Waals surface area contributed by atoms with Crippen LogP contribution in [-0.2, 0) is 10.4 Å². The average molecular weight is 305 g/mol. The minimum absolute atomic E-state index is 0. The Kier molecular flexibility index (Phi) is 4.77. The van der Waals surface area contributed by atoms with Crippen molar-refractivity contribution in [3.8, 4) is 0 Å². The molecule has 0 aliphatic heterocycles. The zero-order valence-corrected chi connectivity index (χ0v) is 7.32. The second-order valence-corrected chi connectivity index (χ2v) is 1.34. The fourth-order valence-corrected chi connectivity index (χ4v) is 0. The molecule has 2 radical (unpaired) electrons. The van der Waals surface area contributed by atoms with Crippen LogP contribution in [0.25, 0.3) is 0 Å². The minimum atomic E-state index is -4.67. The normalized spacial score (nSPS) is 9.67. The van der Waals surface area contributed by atoms with Gasteiger partial charge in [0.25, 0.3) is 0 Å². The molecule has 0 rings (SSSR count). The van der Waals surface area contributed by atoms with E-state index < -0.39 is 10.4 Å². The van der Waals surface area contributed by atoms with Gasteiger partial charge < -0.3 is 0 Å². The molecule has 0 aromatic carbocycles. The van der Waals surface area contributed by atoms with Crippen molar-refractivity contribution in [1.29, 1.82) is 0 Å². The Bertz CT molecular complexity index is 90.7. The van der Waals surface area contributed by atoms with Gasteiger partial charge in [-0.15, -0.1) is 0 Å². The molecule has 0 aliphatic rings. The van der Waals surface area contributed by atoms with Crippen LogP contribution in [-0.4, -0.2) is 44.8 Å². The maximum atomic E-state index is 8.74. The standard InChI is InChI=1S/H2O4S.Pb/c1-5(2,3)4;/h(H2,1,2,3,4);/q;+2. The molecule has 0 spiro atoms. The van der Waals surface area contributed by atoms with Crippen molar-refractivity contribution in [2.75, 3.05) is 0 Å². The Labute approximate surface area is 55.3 Å². The van der Waals surface area contributed by atoms with Crippen molar-refractivity contribution in [1.82, 2.24) is 0 Å². The van der Waals surface area contributed by atoms with Crippen LogP contribution >= 0.6 is 0 Å². The monoisotopic (exact) mass is 306 g/mol. The first-order valence-electron chi connectivity index (χ1n) is 0.698. The zero-order chi connectivity index (χ0) is 4.50. The molecule has 0 aliphatic carbocycles. The van der Waals surface area contributed by atoms with E-state index in [1.807, 2.05) is 0 Å². The van der Waals surface area contributed by atoms with E-state index in [4.69, 9.17) is 17.5 Å². The summed E-state index contributed by atoms with van der Waals surface area (Å²) in [4.78, 5) is 0. The van der Waals surface area contributed by atoms with E-state index in [1.165, 1.54) is 0 Å². The zero-order valence-electron chi connectivity index (χ0n) is 2.62. The van der Waals surface area contributed by atoms with Crippen molar-refractivity contribution in [2.45, 2.75) is 0 Å². The summed E-state index contributed by atoms with van der Waals surface area (Å²) in [5.41, 5.74) is 0. The number of rotatable bonds is 0. The molecule has 4 nitrogen and oxygen atoms in total. The molecule has 0 atom stereocenters. The summed E-state index contributed by atoms with van der Waals surface area (Å²) in [6.45, 7) is 0. The Morgan fingerprint density at radius 1 is 1.17 bits per heavy atom. The summed E-state index contributed by atoms with van der Waals surface area (Å²) in [6, 6.07) is 0. The van der Waals surface area contributed by atoms with Crippen LogP contribution < -0.4 is 0 Å². The summed E-state index contributed by atoms with van der Waals surface area (Å²) in [7, 11) is -4.67. The van der Waals surface area contributed by atoms with Gasteiger partial charge in [-0.25, -0.2) is 0 Å². The predicted molar refractivity (Wildman–Crippen MR) is 19.9 cm³/mol. The van der Waals surface area contributed by atoms with Crippen LogP contribution in [0.4, 0.5) is 0 Å².